The van der Waals surface area contributed by atoms with Crippen LogP contribution in [0.2, 0.25) is 0 Å². The van der Waals surface area contributed by atoms with E-state index in [0.29, 0.717) is 0 Å². The molecule has 1 aliphatic carbocycles. The molecule has 3 rings (SSSR count). The summed E-state index contributed by atoms with van der Waals surface area (Å²) in [6.45, 7) is 3.82. The molecule has 1 fully saturated rings. The van der Waals surface area contributed by atoms with Gasteiger partial charge in [0.2, 0.25) is 5.91 Å². The van der Waals surface area contributed by atoms with Crippen molar-refractivity contribution >= 4 is 11.6 Å². The normalized spacial score (nSPS) is 23.8. The molecule has 1 aliphatic heterocycles. The first-order chi connectivity index (χ1) is 7.43. The number of amides is 1. The van der Waals surface area contributed by atoms with Crippen LogP contribution in [-0.4, -0.2) is 11.0 Å². The van der Waals surface area contributed by atoms with Gasteiger partial charge in [0, 0.05) is 5.69 Å². The Labute approximate surface area is 94.5 Å². The second-order valence-corrected chi connectivity index (χ2v) is 5.37. The van der Waals surface area contributed by atoms with Crippen LogP contribution in [0.4, 0.5) is 5.69 Å². The maximum atomic E-state index is 11.8. The summed E-state index contributed by atoms with van der Waals surface area (Å²) in [6.07, 6.45) is 1.65. The van der Waals surface area contributed by atoms with Crippen molar-refractivity contribution in [2.75, 3.05) is 5.32 Å². The molecule has 84 valence electrons. The molecule has 1 aromatic carbocycles. The van der Waals surface area contributed by atoms with E-state index in [2.05, 4.69) is 5.32 Å². The molecule has 0 saturated heterocycles. The van der Waals surface area contributed by atoms with E-state index in [1.165, 1.54) is 0 Å². The maximum absolute atomic E-state index is 11.8. The second-order valence-electron chi connectivity index (χ2n) is 5.37. The molecule has 2 aliphatic rings. The lowest BCUT2D eigenvalue weighted by Crippen LogP contribution is -2.27. The number of aliphatic hydroxyl groups is 1. The number of anilines is 1. The van der Waals surface area contributed by atoms with Gasteiger partial charge in [-0.25, -0.2) is 0 Å². The van der Waals surface area contributed by atoms with Crippen LogP contribution in [0, 0.1) is 0 Å². The molecule has 1 aromatic rings. The number of carbonyl (C=O) groups excluding carboxylic acids is 1. The van der Waals surface area contributed by atoms with E-state index in [-0.39, 0.29) is 5.91 Å². The predicted octanol–water partition coefficient (Wildman–Crippen LogP) is 1.90. The van der Waals surface area contributed by atoms with Crippen LogP contribution in [-0.2, 0) is 15.8 Å². The van der Waals surface area contributed by atoms with Gasteiger partial charge in [-0.2, -0.15) is 0 Å². The van der Waals surface area contributed by atoms with Crippen LogP contribution < -0.4 is 5.32 Å². The monoisotopic (exact) mass is 217 g/mol. The molecular formula is C13H15NO2. The van der Waals surface area contributed by atoms with Crippen LogP contribution in [0.3, 0.4) is 0 Å². The SMILES string of the molecule is CC1(C)C(=O)Nc2ccc(C3(O)CC3)cc21. The molecule has 0 atom stereocenters. The fourth-order valence-corrected chi connectivity index (χ4v) is 2.27. The molecule has 0 spiro atoms. The average Bonchev–Trinajstić information content (AvgIpc) is 2.92. The van der Waals surface area contributed by atoms with Crippen LogP contribution in [0.25, 0.3) is 0 Å². The predicted molar refractivity (Wildman–Crippen MR) is 61.2 cm³/mol. The Morgan fingerprint density at radius 1 is 1.31 bits per heavy atom. The van der Waals surface area contributed by atoms with Crippen LogP contribution in [0.5, 0.6) is 0 Å². The molecule has 0 aromatic heterocycles. The van der Waals surface area contributed by atoms with E-state index in [0.717, 1.165) is 29.7 Å². The third kappa shape index (κ3) is 1.15. The fraction of sp³-hybridized carbons (Fsp3) is 0.462. The minimum absolute atomic E-state index is 0.0300. The molecule has 16 heavy (non-hydrogen) atoms. The Hall–Kier alpha value is -1.35. The second kappa shape index (κ2) is 2.66. The van der Waals surface area contributed by atoms with Gasteiger partial charge < -0.3 is 10.4 Å². The fourth-order valence-electron chi connectivity index (χ4n) is 2.27. The molecule has 0 bridgehead atoms. The summed E-state index contributed by atoms with van der Waals surface area (Å²) in [5.41, 5.74) is 1.70. The van der Waals surface area contributed by atoms with Crippen molar-refractivity contribution in [2.45, 2.75) is 37.7 Å². The van der Waals surface area contributed by atoms with Crippen molar-refractivity contribution in [1.82, 2.24) is 0 Å². The van der Waals surface area contributed by atoms with Gasteiger partial charge in [-0.1, -0.05) is 6.07 Å². The highest BCUT2D eigenvalue weighted by Gasteiger charge is 2.44. The first-order valence-corrected chi connectivity index (χ1v) is 5.62. The number of carbonyl (C=O) groups is 1. The van der Waals surface area contributed by atoms with Crippen LogP contribution in [0.15, 0.2) is 18.2 Å². The number of fused-ring (bicyclic) bond motifs is 1. The third-order valence-corrected chi connectivity index (χ3v) is 3.77. The van der Waals surface area contributed by atoms with Crippen molar-refractivity contribution < 1.29 is 9.90 Å². The highest BCUT2D eigenvalue weighted by molar-refractivity contribution is 6.05. The van der Waals surface area contributed by atoms with Gasteiger partial charge in [0.25, 0.3) is 0 Å². The van der Waals surface area contributed by atoms with Crippen molar-refractivity contribution in [3.63, 3.8) is 0 Å². The summed E-state index contributed by atoms with van der Waals surface area (Å²) >= 11 is 0. The zero-order chi connectivity index (χ0) is 11.6. The van der Waals surface area contributed by atoms with Crippen molar-refractivity contribution in [3.05, 3.63) is 29.3 Å². The Morgan fingerprint density at radius 2 is 2.00 bits per heavy atom. The quantitative estimate of drug-likeness (QED) is 0.754. The van der Waals surface area contributed by atoms with Gasteiger partial charge in [0.1, 0.15) is 0 Å². The molecule has 0 radical (unpaired) electrons. The first kappa shape index (κ1) is 9.85. The van der Waals surface area contributed by atoms with Crippen LogP contribution in [0.1, 0.15) is 37.8 Å². The standard InChI is InChI=1S/C13H15NO2/c1-12(2)9-7-8(13(16)5-6-13)3-4-10(9)14-11(12)15/h3-4,7,16H,5-6H2,1-2H3,(H,14,15). The van der Waals surface area contributed by atoms with Gasteiger partial charge in [0.15, 0.2) is 0 Å². The smallest absolute Gasteiger partial charge is 0.234 e. The highest BCUT2D eigenvalue weighted by Crippen LogP contribution is 2.48. The Kier molecular flexibility index (Phi) is 1.64. The first-order valence-electron chi connectivity index (χ1n) is 5.62. The molecule has 3 heteroatoms. The van der Waals surface area contributed by atoms with E-state index in [4.69, 9.17) is 0 Å². The van der Waals surface area contributed by atoms with Crippen molar-refractivity contribution in [2.24, 2.45) is 0 Å². The number of benzene rings is 1. The van der Waals surface area contributed by atoms with Crippen LogP contribution >= 0.6 is 0 Å². The minimum atomic E-state index is -0.628. The van der Waals surface area contributed by atoms with Crippen molar-refractivity contribution in [1.29, 1.82) is 0 Å². The van der Waals surface area contributed by atoms with Gasteiger partial charge in [0.05, 0.1) is 11.0 Å². The molecule has 0 unspecified atom stereocenters. The van der Waals surface area contributed by atoms with E-state index >= 15 is 0 Å². The topological polar surface area (TPSA) is 49.3 Å². The molecule has 1 saturated carbocycles. The third-order valence-electron chi connectivity index (χ3n) is 3.77. The Bertz CT molecular complexity index is 487. The van der Waals surface area contributed by atoms with Gasteiger partial charge in [-0.05, 0) is 49.9 Å². The zero-order valence-electron chi connectivity index (χ0n) is 9.50. The van der Waals surface area contributed by atoms with Crippen molar-refractivity contribution in [3.8, 4) is 0 Å². The lowest BCUT2D eigenvalue weighted by Gasteiger charge is -2.17. The summed E-state index contributed by atoms with van der Waals surface area (Å²) in [5, 5.41) is 12.9. The van der Waals surface area contributed by atoms with E-state index in [1.54, 1.807) is 0 Å². The summed E-state index contributed by atoms with van der Waals surface area (Å²) in [4.78, 5) is 11.8. The zero-order valence-corrected chi connectivity index (χ0v) is 9.50. The number of hydrogen-bond donors (Lipinski definition) is 2. The lowest BCUT2D eigenvalue weighted by atomic mass is 9.84. The van der Waals surface area contributed by atoms with E-state index in [1.807, 2.05) is 32.0 Å². The van der Waals surface area contributed by atoms with Gasteiger partial charge >= 0.3 is 0 Å². The highest BCUT2D eigenvalue weighted by atomic mass is 16.3. The summed E-state index contributed by atoms with van der Waals surface area (Å²) in [7, 11) is 0. The number of rotatable bonds is 1. The Morgan fingerprint density at radius 3 is 2.62 bits per heavy atom. The molecular weight excluding hydrogens is 202 g/mol. The van der Waals surface area contributed by atoms with E-state index in [9.17, 15) is 9.90 Å². The number of nitrogens with one attached hydrogen (secondary N) is 1. The molecule has 3 nitrogen and oxygen atoms in total. The van der Waals surface area contributed by atoms with Gasteiger partial charge in [-0.3, -0.25) is 4.79 Å². The largest absolute Gasteiger partial charge is 0.385 e. The lowest BCUT2D eigenvalue weighted by molar-refractivity contribution is -0.119. The average molecular weight is 217 g/mol. The molecule has 1 heterocycles. The molecule has 2 N–H and O–H groups in total. The van der Waals surface area contributed by atoms with E-state index < -0.39 is 11.0 Å². The summed E-state index contributed by atoms with van der Waals surface area (Å²) < 4.78 is 0. The Balaban J connectivity index is 2.13. The minimum Gasteiger partial charge on any atom is -0.385 e. The maximum Gasteiger partial charge on any atom is 0.234 e. The number of hydrogen-bond acceptors (Lipinski definition) is 2. The summed E-state index contributed by atoms with van der Waals surface area (Å²) in [6, 6.07) is 5.78. The summed E-state index contributed by atoms with van der Waals surface area (Å²) in [5.74, 6) is 0.0300. The van der Waals surface area contributed by atoms with Gasteiger partial charge in [-0.15, -0.1) is 0 Å². The molecule has 1 amide bonds.